The second-order valence-electron chi connectivity index (χ2n) is 4.69. The molecule has 4 nitrogen and oxygen atoms in total. The Balaban J connectivity index is 1.95. The van der Waals surface area contributed by atoms with Crippen molar-refractivity contribution in [3.8, 4) is 5.88 Å². The molecule has 1 aromatic rings. The number of aliphatic hydroxyl groups excluding tert-OH is 1. The van der Waals surface area contributed by atoms with Crippen LogP contribution in [-0.4, -0.2) is 41.3 Å². The number of aliphatic hydroxyl groups is 1. The van der Waals surface area contributed by atoms with Gasteiger partial charge in [-0.2, -0.15) is 0 Å². The number of nitrogens with zero attached hydrogens (tertiary/aromatic N) is 2. The largest absolute Gasteiger partial charge is 0.481 e. The first kappa shape index (κ1) is 11.3. The maximum Gasteiger partial charge on any atom is 0.219 e. The van der Waals surface area contributed by atoms with Crippen molar-refractivity contribution in [1.29, 1.82) is 0 Å². The molecule has 0 bridgehead atoms. The maximum absolute atomic E-state index is 9.39. The molecule has 0 amide bonds. The van der Waals surface area contributed by atoms with Crippen LogP contribution in [0.15, 0.2) is 6.07 Å². The third-order valence-corrected chi connectivity index (χ3v) is 3.82. The molecule has 1 aliphatic heterocycles. The summed E-state index contributed by atoms with van der Waals surface area (Å²) in [5, 5.41) is 9.88. The van der Waals surface area contributed by atoms with Gasteiger partial charge in [0.25, 0.3) is 0 Å². The van der Waals surface area contributed by atoms with E-state index in [0.717, 1.165) is 31.5 Å². The van der Waals surface area contributed by atoms with Crippen LogP contribution in [0.2, 0.25) is 5.15 Å². The van der Waals surface area contributed by atoms with Crippen LogP contribution in [-0.2, 0) is 6.42 Å². The Hall–Kier alpha value is -0.840. The Kier molecular flexibility index (Phi) is 2.73. The predicted octanol–water partition coefficient (Wildman–Crippen LogP) is 1.41. The number of fused-ring (bicyclic) bond motifs is 1. The molecular formula is C12H15ClN2O2. The monoisotopic (exact) mass is 254 g/mol. The summed E-state index contributed by atoms with van der Waals surface area (Å²) >= 11 is 5.96. The second-order valence-corrected chi connectivity index (χ2v) is 5.08. The van der Waals surface area contributed by atoms with Gasteiger partial charge in [0.15, 0.2) is 0 Å². The lowest BCUT2D eigenvalue weighted by molar-refractivity contribution is -0.0256. The van der Waals surface area contributed by atoms with E-state index in [1.54, 1.807) is 7.11 Å². The van der Waals surface area contributed by atoms with E-state index in [-0.39, 0.29) is 6.10 Å². The molecule has 1 atom stereocenters. The Labute approximate surface area is 105 Å². The van der Waals surface area contributed by atoms with Gasteiger partial charge in [-0.1, -0.05) is 11.6 Å². The fourth-order valence-electron chi connectivity index (χ4n) is 2.81. The zero-order valence-corrected chi connectivity index (χ0v) is 10.4. The molecule has 1 aliphatic carbocycles. The Morgan fingerprint density at radius 3 is 2.94 bits per heavy atom. The van der Waals surface area contributed by atoms with Crippen molar-refractivity contribution < 1.29 is 9.84 Å². The van der Waals surface area contributed by atoms with Gasteiger partial charge < -0.3 is 9.84 Å². The van der Waals surface area contributed by atoms with E-state index in [2.05, 4.69) is 9.88 Å². The van der Waals surface area contributed by atoms with Crippen LogP contribution in [0.4, 0.5) is 0 Å². The highest BCUT2D eigenvalue weighted by Crippen LogP contribution is 2.43. The van der Waals surface area contributed by atoms with Crippen molar-refractivity contribution in [2.24, 2.45) is 0 Å². The minimum absolute atomic E-state index is 0.176. The van der Waals surface area contributed by atoms with E-state index in [4.69, 9.17) is 16.3 Å². The normalized spacial score (nSPS) is 24.5. The van der Waals surface area contributed by atoms with Gasteiger partial charge in [-0.15, -0.1) is 0 Å². The van der Waals surface area contributed by atoms with E-state index >= 15 is 0 Å². The maximum atomic E-state index is 9.39. The number of hydrogen-bond donors (Lipinski definition) is 1. The number of ether oxygens (including phenoxy) is 1. The smallest absolute Gasteiger partial charge is 0.219 e. The average Bonchev–Trinajstić information content (AvgIpc) is 2.67. The highest BCUT2D eigenvalue weighted by atomic mass is 35.5. The molecule has 0 saturated carbocycles. The first-order valence-electron chi connectivity index (χ1n) is 5.84. The number of rotatable bonds is 2. The number of aromatic nitrogens is 1. The Bertz CT molecular complexity index is 446. The van der Waals surface area contributed by atoms with Crippen molar-refractivity contribution in [2.45, 2.75) is 25.0 Å². The fraction of sp³-hybridized carbons (Fsp3) is 0.583. The average molecular weight is 255 g/mol. The summed E-state index contributed by atoms with van der Waals surface area (Å²) in [7, 11) is 1.62. The van der Waals surface area contributed by atoms with E-state index in [1.165, 1.54) is 5.56 Å². The van der Waals surface area contributed by atoms with Gasteiger partial charge >= 0.3 is 0 Å². The standard InChI is InChI=1S/C12H15ClN2O2/c1-17-12-11-7(4-10(13)14-12)2-3-9(11)15-5-8(16)6-15/h4,8-9,16H,2-3,5-6H2,1H3. The van der Waals surface area contributed by atoms with Crippen molar-refractivity contribution >= 4 is 11.6 Å². The summed E-state index contributed by atoms with van der Waals surface area (Å²) in [4.78, 5) is 6.50. The molecule has 0 aromatic carbocycles. The molecule has 92 valence electrons. The molecule has 1 N–H and O–H groups in total. The predicted molar refractivity (Wildman–Crippen MR) is 64.4 cm³/mol. The van der Waals surface area contributed by atoms with Crippen molar-refractivity contribution in [3.63, 3.8) is 0 Å². The van der Waals surface area contributed by atoms with E-state index in [1.807, 2.05) is 6.07 Å². The molecule has 17 heavy (non-hydrogen) atoms. The summed E-state index contributed by atoms with van der Waals surface area (Å²) in [5.41, 5.74) is 2.39. The van der Waals surface area contributed by atoms with Crippen LogP contribution in [0, 0.1) is 0 Å². The molecule has 1 fully saturated rings. The molecular weight excluding hydrogens is 240 g/mol. The third kappa shape index (κ3) is 1.80. The molecule has 3 rings (SSSR count). The summed E-state index contributed by atoms with van der Waals surface area (Å²) in [6.07, 6.45) is 1.89. The topological polar surface area (TPSA) is 45.6 Å². The second kappa shape index (κ2) is 4.12. The van der Waals surface area contributed by atoms with Crippen LogP contribution in [0.3, 0.4) is 0 Å². The summed E-state index contributed by atoms with van der Waals surface area (Å²) in [6, 6.07) is 2.25. The number of β-amino-alcohol motifs (C(OH)–C–C–N with tert-alkyl or cyclic N) is 1. The van der Waals surface area contributed by atoms with Crippen LogP contribution < -0.4 is 4.74 Å². The lowest BCUT2D eigenvalue weighted by Crippen LogP contribution is -2.51. The highest BCUT2D eigenvalue weighted by molar-refractivity contribution is 6.29. The first-order valence-corrected chi connectivity index (χ1v) is 6.22. The lowest BCUT2D eigenvalue weighted by atomic mass is 10.0. The molecule has 2 heterocycles. The van der Waals surface area contributed by atoms with E-state index in [0.29, 0.717) is 17.1 Å². The van der Waals surface area contributed by atoms with E-state index < -0.39 is 0 Å². The minimum atomic E-state index is -0.176. The Morgan fingerprint density at radius 1 is 1.53 bits per heavy atom. The van der Waals surface area contributed by atoms with Gasteiger partial charge in [0, 0.05) is 24.7 Å². The Morgan fingerprint density at radius 2 is 2.29 bits per heavy atom. The zero-order chi connectivity index (χ0) is 12.0. The van der Waals surface area contributed by atoms with Crippen molar-refractivity contribution in [1.82, 2.24) is 9.88 Å². The highest BCUT2D eigenvalue weighted by Gasteiger charge is 2.37. The minimum Gasteiger partial charge on any atom is -0.481 e. The number of halogens is 1. The molecule has 1 unspecified atom stereocenters. The SMILES string of the molecule is COc1nc(Cl)cc2c1C(N1CC(O)C1)CC2. The third-order valence-electron chi connectivity index (χ3n) is 3.62. The van der Waals surface area contributed by atoms with Gasteiger partial charge in [-0.3, -0.25) is 4.90 Å². The number of pyridine rings is 1. The quantitative estimate of drug-likeness (QED) is 0.811. The number of aryl methyl sites for hydroxylation is 1. The van der Waals surface area contributed by atoms with Crippen LogP contribution in [0.25, 0.3) is 0 Å². The lowest BCUT2D eigenvalue weighted by Gasteiger charge is -2.40. The van der Waals surface area contributed by atoms with Gasteiger partial charge in [-0.25, -0.2) is 4.98 Å². The number of hydrogen-bond acceptors (Lipinski definition) is 4. The summed E-state index contributed by atoms with van der Waals surface area (Å²) in [5.74, 6) is 0.636. The van der Waals surface area contributed by atoms with Gasteiger partial charge in [0.2, 0.25) is 5.88 Å². The first-order chi connectivity index (χ1) is 8.19. The number of methoxy groups -OCH3 is 1. The molecule has 2 aliphatic rings. The molecule has 5 heteroatoms. The number of likely N-dealkylation sites (tertiary alicyclic amines) is 1. The fourth-order valence-corrected chi connectivity index (χ4v) is 3.02. The van der Waals surface area contributed by atoms with Gasteiger partial charge in [-0.05, 0) is 24.5 Å². The van der Waals surface area contributed by atoms with Crippen molar-refractivity contribution in [2.75, 3.05) is 20.2 Å². The van der Waals surface area contributed by atoms with Crippen LogP contribution >= 0.6 is 11.6 Å². The summed E-state index contributed by atoms with van der Waals surface area (Å²) < 4.78 is 5.33. The molecule has 1 aromatic heterocycles. The summed E-state index contributed by atoms with van der Waals surface area (Å²) in [6.45, 7) is 1.49. The zero-order valence-electron chi connectivity index (χ0n) is 9.69. The molecule has 0 radical (unpaired) electrons. The van der Waals surface area contributed by atoms with Gasteiger partial charge in [0.05, 0.1) is 13.2 Å². The van der Waals surface area contributed by atoms with E-state index in [9.17, 15) is 5.11 Å². The van der Waals surface area contributed by atoms with Crippen LogP contribution in [0.1, 0.15) is 23.6 Å². The van der Waals surface area contributed by atoms with Gasteiger partial charge in [0.1, 0.15) is 5.15 Å². The molecule has 0 spiro atoms. The van der Waals surface area contributed by atoms with Crippen LogP contribution in [0.5, 0.6) is 5.88 Å². The van der Waals surface area contributed by atoms with Crippen molar-refractivity contribution in [3.05, 3.63) is 22.3 Å². The molecule has 1 saturated heterocycles.